The number of imide groups is 1. The van der Waals surface area contributed by atoms with Gasteiger partial charge in [0.15, 0.2) is 6.10 Å². The van der Waals surface area contributed by atoms with Gasteiger partial charge in [-0.15, -0.1) is 0 Å². The van der Waals surface area contributed by atoms with Crippen LogP contribution >= 0.6 is 0 Å². The zero-order valence-electron chi connectivity index (χ0n) is 17.1. The van der Waals surface area contributed by atoms with Crippen molar-refractivity contribution in [3.8, 4) is 0 Å². The van der Waals surface area contributed by atoms with Gasteiger partial charge in [0.1, 0.15) is 5.92 Å². The van der Waals surface area contributed by atoms with Crippen LogP contribution in [0.3, 0.4) is 0 Å². The fourth-order valence-electron chi connectivity index (χ4n) is 4.43. The second kappa shape index (κ2) is 7.58. The van der Waals surface area contributed by atoms with Gasteiger partial charge in [0, 0.05) is 12.1 Å². The zero-order chi connectivity index (χ0) is 22.4. The molecule has 32 heavy (non-hydrogen) atoms. The number of carbonyl (C=O) groups is 2. The normalized spacial score (nSPS) is 22.3. The minimum Gasteiger partial charge on any atom is -0.273 e. The number of amides is 2. The minimum absolute atomic E-state index is 0.114. The number of fused-ring (bicyclic) bond motifs is 1. The summed E-state index contributed by atoms with van der Waals surface area (Å²) < 4.78 is 0. The van der Waals surface area contributed by atoms with Crippen LogP contribution in [-0.2, 0) is 14.4 Å². The Kier molecular flexibility index (Phi) is 4.71. The highest BCUT2D eigenvalue weighted by atomic mass is 16.7. The van der Waals surface area contributed by atoms with Crippen molar-refractivity contribution >= 4 is 28.9 Å². The maximum Gasteiger partial charge on any atom is 0.269 e. The van der Waals surface area contributed by atoms with Gasteiger partial charge in [0.2, 0.25) is 5.91 Å². The molecule has 160 valence electrons. The van der Waals surface area contributed by atoms with Crippen LogP contribution in [0.1, 0.15) is 17.2 Å². The number of rotatable bonds is 4. The SMILES string of the molecule is Cc1ccccc1[C@@H]1[C@H]2C(=O)N(c3ccc([N+](=O)[O-])cc3)C(=O)[C@@H]2ON1c1ccccc1. The number of para-hydroxylation sites is 1. The van der Waals surface area contributed by atoms with E-state index in [2.05, 4.69) is 0 Å². The molecule has 0 N–H and O–H groups in total. The van der Waals surface area contributed by atoms with Crippen molar-refractivity contribution in [1.82, 2.24) is 0 Å². The third-order valence-electron chi connectivity index (χ3n) is 5.95. The molecular weight excluding hydrogens is 410 g/mol. The summed E-state index contributed by atoms with van der Waals surface area (Å²) in [5.74, 6) is -1.62. The van der Waals surface area contributed by atoms with E-state index in [-0.39, 0.29) is 11.6 Å². The Morgan fingerprint density at radius 3 is 2.16 bits per heavy atom. The molecule has 8 nitrogen and oxygen atoms in total. The molecule has 2 aliphatic rings. The van der Waals surface area contributed by atoms with Crippen molar-refractivity contribution in [2.45, 2.75) is 19.1 Å². The Morgan fingerprint density at radius 1 is 0.844 bits per heavy atom. The smallest absolute Gasteiger partial charge is 0.269 e. The summed E-state index contributed by atoms with van der Waals surface area (Å²) in [5, 5.41) is 12.6. The molecular formula is C24H19N3O5. The summed E-state index contributed by atoms with van der Waals surface area (Å²) in [6.45, 7) is 1.96. The molecule has 0 unspecified atom stereocenters. The Bertz CT molecular complexity index is 1210. The predicted molar refractivity (Wildman–Crippen MR) is 117 cm³/mol. The van der Waals surface area contributed by atoms with Crippen molar-refractivity contribution < 1.29 is 19.3 Å². The van der Waals surface area contributed by atoms with Crippen LogP contribution in [0, 0.1) is 23.0 Å². The van der Waals surface area contributed by atoms with Crippen LogP contribution in [0.2, 0.25) is 0 Å². The molecule has 0 spiro atoms. The number of nitro groups is 1. The molecule has 3 aromatic carbocycles. The van der Waals surface area contributed by atoms with E-state index in [9.17, 15) is 19.7 Å². The van der Waals surface area contributed by atoms with E-state index in [1.807, 2.05) is 61.5 Å². The number of hydroxylamine groups is 1. The number of anilines is 2. The summed E-state index contributed by atoms with van der Waals surface area (Å²) in [4.78, 5) is 44.4. The molecule has 2 aliphatic heterocycles. The van der Waals surface area contributed by atoms with Gasteiger partial charge in [-0.05, 0) is 42.3 Å². The number of benzene rings is 3. The van der Waals surface area contributed by atoms with Crippen molar-refractivity contribution in [3.05, 3.63) is 100 Å². The van der Waals surface area contributed by atoms with Crippen molar-refractivity contribution in [3.63, 3.8) is 0 Å². The number of nitro benzene ring substituents is 1. The first kappa shape index (κ1) is 19.9. The van der Waals surface area contributed by atoms with Crippen LogP contribution in [-0.4, -0.2) is 22.8 Å². The molecule has 0 aliphatic carbocycles. The molecule has 0 bridgehead atoms. The van der Waals surface area contributed by atoms with Gasteiger partial charge >= 0.3 is 0 Å². The Hall–Kier alpha value is -4.04. The molecule has 2 saturated heterocycles. The van der Waals surface area contributed by atoms with Crippen LogP contribution in [0.4, 0.5) is 17.1 Å². The summed E-state index contributed by atoms with van der Waals surface area (Å²) in [7, 11) is 0. The van der Waals surface area contributed by atoms with Crippen molar-refractivity contribution in [2.24, 2.45) is 5.92 Å². The van der Waals surface area contributed by atoms with E-state index in [4.69, 9.17) is 4.84 Å². The van der Waals surface area contributed by atoms with E-state index in [0.29, 0.717) is 5.69 Å². The fraction of sp³-hybridized carbons (Fsp3) is 0.167. The first-order valence-electron chi connectivity index (χ1n) is 10.2. The summed E-state index contributed by atoms with van der Waals surface area (Å²) in [5.41, 5.74) is 2.81. The summed E-state index contributed by atoms with van der Waals surface area (Å²) in [6.07, 6.45) is -0.984. The number of hydrogen-bond donors (Lipinski definition) is 0. The van der Waals surface area contributed by atoms with E-state index < -0.39 is 28.9 Å². The monoisotopic (exact) mass is 429 g/mol. The third-order valence-corrected chi connectivity index (χ3v) is 5.95. The molecule has 5 rings (SSSR count). The minimum atomic E-state index is -0.984. The lowest BCUT2D eigenvalue weighted by atomic mass is 9.88. The van der Waals surface area contributed by atoms with E-state index in [1.54, 1.807) is 5.06 Å². The van der Waals surface area contributed by atoms with Gasteiger partial charge < -0.3 is 0 Å². The van der Waals surface area contributed by atoms with Gasteiger partial charge in [-0.1, -0.05) is 42.5 Å². The highest BCUT2D eigenvalue weighted by Crippen LogP contribution is 2.48. The van der Waals surface area contributed by atoms with Crippen LogP contribution in [0.5, 0.6) is 0 Å². The lowest BCUT2D eigenvalue weighted by molar-refractivity contribution is -0.384. The highest BCUT2D eigenvalue weighted by molar-refractivity contribution is 6.24. The average Bonchev–Trinajstić information content (AvgIpc) is 3.31. The van der Waals surface area contributed by atoms with Gasteiger partial charge in [-0.3, -0.25) is 24.5 Å². The quantitative estimate of drug-likeness (QED) is 0.354. The van der Waals surface area contributed by atoms with Crippen molar-refractivity contribution in [1.29, 1.82) is 0 Å². The molecule has 0 radical (unpaired) electrons. The van der Waals surface area contributed by atoms with E-state index in [0.717, 1.165) is 21.7 Å². The molecule has 0 saturated carbocycles. The van der Waals surface area contributed by atoms with Gasteiger partial charge in [-0.25, -0.2) is 9.96 Å². The summed E-state index contributed by atoms with van der Waals surface area (Å²) >= 11 is 0. The Balaban J connectivity index is 1.57. The number of non-ortho nitro benzene ring substituents is 1. The topological polar surface area (TPSA) is 93.0 Å². The number of nitrogens with zero attached hydrogens (tertiary/aromatic N) is 3. The molecule has 2 fully saturated rings. The Morgan fingerprint density at radius 2 is 1.50 bits per heavy atom. The molecule has 0 aromatic heterocycles. The first-order chi connectivity index (χ1) is 15.5. The number of hydrogen-bond acceptors (Lipinski definition) is 6. The Labute approximate surface area is 183 Å². The fourth-order valence-corrected chi connectivity index (χ4v) is 4.43. The molecule has 2 amide bonds. The molecule has 2 heterocycles. The van der Waals surface area contributed by atoms with Crippen LogP contribution in [0.15, 0.2) is 78.9 Å². The lowest BCUT2D eigenvalue weighted by Crippen LogP contribution is -2.37. The average molecular weight is 429 g/mol. The predicted octanol–water partition coefficient (Wildman–Crippen LogP) is 3.95. The standard InChI is InChI=1S/C24H19N3O5/c1-15-7-5-6-10-19(15)21-20-22(32-26(21)17-8-3-2-4-9-17)24(29)25(23(20)28)16-11-13-18(14-12-16)27(30)31/h2-14,20-22H,1H3/t20-,21-,22-/m1/s1. The second-order valence-electron chi connectivity index (χ2n) is 7.80. The second-order valence-corrected chi connectivity index (χ2v) is 7.80. The maximum atomic E-state index is 13.6. The van der Waals surface area contributed by atoms with Gasteiger partial charge in [-0.2, -0.15) is 0 Å². The molecule has 3 aromatic rings. The van der Waals surface area contributed by atoms with E-state index in [1.165, 1.54) is 24.3 Å². The highest BCUT2D eigenvalue weighted by Gasteiger charge is 2.60. The van der Waals surface area contributed by atoms with E-state index >= 15 is 0 Å². The summed E-state index contributed by atoms with van der Waals surface area (Å²) in [6, 6.07) is 22.0. The largest absolute Gasteiger partial charge is 0.273 e. The molecule has 8 heteroatoms. The van der Waals surface area contributed by atoms with Crippen LogP contribution < -0.4 is 9.96 Å². The number of carbonyl (C=O) groups excluding carboxylic acids is 2. The number of aryl methyl sites for hydroxylation is 1. The third kappa shape index (κ3) is 3.04. The molecule has 3 atom stereocenters. The lowest BCUT2D eigenvalue weighted by Gasteiger charge is -2.29. The first-order valence-corrected chi connectivity index (χ1v) is 10.2. The van der Waals surface area contributed by atoms with Gasteiger partial charge in [0.25, 0.3) is 11.6 Å². The van der Waals surface area contributed by atoms with Gasteiger partial charge in [0.05, 0.1) is 22.3 Å². The van der Waals surface area contributed by atoms with Crippen molar-refractivity contribution in [2.75, 3.05) is 9.96 Å². The van der Waals surface area contributed by atoms with Crippen LogP contribution in [0.25, 0.3) is 0 Å². The maximum absolute atomic E-state index is 13.6. The zero-order valence-corrected chi connectivity index (χ0v) is 17.1.